The van der Waals surface area contributed by atoms with E-state index in [9.17, 15) is 9.90 Å². The molecule has 3 rings (SSSR count). The van der Waals surface area contributed by atoms with Crippen LogP contribution < -0.4 is 10.1 Å². The minimum Gasteiger partial charge on any atom is -0.489 e. The Morgan fingerprint density at radius 2 is 2.10 bits per heavy atom. The van der Waals surface area contributed by atoms with Crippen LogP contribution in [0.4, 0.5) is 0 Å². The molecule has 2 N–H and O–H groups in total. The maximum atomic E-state index is 12.6. The molecule has 114 valence electrons. The van der Waals surface area contributed by atoms with Gasteiger partial charge in [-0.2, -0.15) is 0 Å². The van der Waals surface area contributed by atoms with Gasteiger partial charge in [0.05, 0.1) is 17.7 Å². The monoisotopic (exact) mass is 289 g/mol. The predicted molar refractivity (Wildman–Crippen MR) is 80.7 cm³/mol. The fraction of sp³-hybridized carbons (Fsp3) is 0.588. The van der Waals surface area contributed by atoms with E-state index in [-0.39, 0.29) is 18.6 Å². The molecule has 0 aromatic heterocycles. The number of amides is 1. The van der Waals surface area contributed by atoms with Gasteiger partial charge in [-0.15, -0.1) is 0 Å². The highest BCUT2D eigenvalue weighted by molar-refractivity contribution is 5.98. The van der Waals surface area contributed by atoms with Crippen molar-refractivity contribution in [2.75, 3.05) is 6.61 Å². The number of ether oxygens (including phenoxy) is 1. The summed E-state index contributed by atoms with van der Waals surface area (Å²) in [5, 5.41) is 12.7. The molecule has 0 bridgehead atoms. The number of hydrogen-bond donors (Lipinski definition) is 2. The minimum atomic E-state index is -0.449. The number of aliphatic hydroxyl groups is 1. The molecule has 0 saturated heterocycles. The molecule has 1 aliphatic heterocycles. The number of nitrogens with one attached hydrogen (secondary N) is 1. The van der Waals surface area contributed by atoms with Gasteiger partial charge in [0.15, 0.2) is 0 Å². The summed E-state index contributed by atoms with van der Waals surface area (Å²) in [5.41, 5.74) is 1.23. The second-order valence-corrected chi connectivity index (χ2v) is 6.44. The largest absolute Gasteiger partial charge is 0.489 e. The molecule has 2 atom stereocenters. The SMILES string of the molecule is CC1Oc2c(C(=O)NC3(CO)CCCC3)cccc2C1C. The molecule has 1 amide bonds. The van der Waals surface area contributed by atoms with Crippen LogP contribution in [0.5, 0.6) is 5.75 Å². The van der Waals surface area contributed by atoms with Crippen molar-refractivity contribution in [1.82, 2.24) is 5.32 Å². The summed E-state index contributed by atoms with van der Waals surface area (Å²) in [4.78, 5) is 12.6. The smallest absolute Gasteiger partial charge is 0.255 e. The van der Waals surface area contributed by atoms with E-state index in [1.54, 1.807) is 6.07 Å². The first kappa shape index (κ1) is 14.4. The number of benzene rings is 1. The van der Waals surface area contributed by atoms with Crippen molar-refractivity contribution in [2.45, 2.75) is 57.1 Å². The maximum Gasteiger partial charge on any atom is 0.255 e. The number of rotatable bonds is 3. The van der Waals surface area contributed by atoms with Gasteiger partial charge < -0.3 is 15.2 Å². The molecule has 1 aromatic rings. The molecule has 4 heteroatoms. The number of fused-ring (bicyclic) bond motifs is 1. The van der Waals surface area contributed by atoms with Gasteiger partial charge in [0.1, 0.15) is 11.9 Å². The third kappa shape index (κ3) is 2.42. The summed E-state index contributed by atoms with van der Waals surface area (Å²) in [6, 6.07) is 5.74. The fourth-order valence-electron chi connectivity index (χ4n) is 3.45. The Morgan fingerprint density at radius 3 is 2.76 bits per heavy atom. The van der Waals surface area contributed by atoms with Crippen molar-refractivity contribution in [1.29, 1.82) is 0 Å². The van der Waals surface area contributed by atoms with Crippen molar-refractivity contribution >= 4 is 5.91 Å². The van der Waals surface area contributed by atoms with E-state index in [0.717, 1.165) is 31.2 Å². The fourth-order valence-corrected chi connectivity index (χ4v) is 3.45. The lowest BCUT2D eigenvalue weighted by Crippen LogP contribution is -2.49. The number of carbonyl (C=O) groups is 1. The van der Waals surface area contributed by atoms with E-state index in [0.29, 0.717) is 17.2 Å². The van der Waals surface area contributed by atoms with Crippen LogP contribution in [0.3, 0.4) is 0 Å². The normalized spacial score (nSPS) is 26.2. The zero-order valence-corrected chi connectivity index (χ0v) is 12.7. The molecule has 2 aliphatic rings. The van der Waals surface area contributed by atoms with Crippen LogP contribution in [0.15, 0.2) is 18.2 Å². The topological polar surface area (TPSA) is 58.6 Å². The third-order valence-corrected chi connectivity index (χ3v) is 5.03. The average molecular weight is 289 g/mol. The van der Waals surface area contributed by atoms with Gasteiger partial charge in [-0.3, -0.25) is 4.79 Å². The summed E-state index contributed by atoms with van der Waals surface area (Å²) in [7, 11) is 0. The van der Waals surface area contributed by atoms with Gasteiger partial charge in [-0.25, -0.2) is 0 Å². The third-order valence-electron chi connectivity index (χ3n) is 5.03. The molecule has 2 unspecified atom stereocenters. The predicted octanol–water partition coefficient (Wildman–Crippen LogP) is 2.61. The Labute approximate surface area is 125 Å². The molecule has 4 nitrogen and oxygen atoms in total. The van der Waals surface area contributed by atoms with Crippen molar-refractivity contribution < 1.29 is 14.6 Å². The Morgan fingerprint density at radius 1 is 1.38 bits per heavy atom. The second kappa shape index (κ2) is 5.34. The lowest BCUT2D eigenvalue weighted by molar-refractivity contribution is 0.0833. The first-order valence-corrected chi connectivity index (χ1v) is 7.79. The van der Waals surface area contributed by atoms with Crippen LogP contribution in [0.2, 0.25) is 0 Å². The van der Waals surface area contributed by atoms with Crippen molar-refractivity contribution in [3.63, 3.8) is 0 Å². The lowest BCUT2D eigenvalue weighted by atomic mass is 9.95. The molecule has 0 radical (unpaired) electrons. The van der Waals surface area contributed by atoms with E-state index in [1.807, 2.05) is 19.1 Å². The zero-order valence-electron chi connectivity index (χ0n) is 12.7. The summed E-state index contributed by atoms with van der Waals surface area (Å²) in [5.74, 6) is 0.871. The molecule has 1 fully saturated rings. The quantitative estimate of drug-likeness (QED) is 0.899. The maximum absolute atomic E-state index is 12.6. The van der Waals surface area contributed by atoms with E-state index in [1.165, 1.54) is 0 Å². The molecule has 1 aromatic carbocycles. The zero-order chi connectivity index (χ0) is 15.0. The van der Waals surface area contributed by atoms with Gasteiger partial charge in [0.2, 0.25) is 0 Å². The van der Waals surface area contributed by atoms with Crippen molar-refractivity contribution in [3.05, 3.63) is 29.3 Å². The Kier molecular flexibility index (Phi) is 3.66. The number of para-hydroxylation sites is 1. The van der Waals surface area contributed by atoms with Gasteiger partial charge in [-0.05, 0) is 25.8 Å². The van der Waals surface area contributed by atoms with Gasteiger partial charge >= 0.3 is 0 Å². The van der Waals surface area contributed by atoms with Gasteiger partial charge in [0.25, 0.3) is 5.91 Å². The highest BCUT2D eigenvalue weighted by Crippen LogP contribution is 2.40. The summed E-state index contributed by atoms with van der Waals surface area (Å²) in [6.45, 7) is 4.14. The van der Waals surface area contributed by atoms with Crippen LogP contribution >= 0.6 is 0 Å². The van der Waals surface area contributed by atoms with Crippen LogP contribution in [-0.4, -0.2) is 29.3 Å². The van der Waals surface area contributed by atoms with Crippen molar-refractivity contribution in [3.8, 4) is 5.75 Å². The molecule has 21 heavy (non-hydrogen) atoms. The summed E-state index contributed by atoms with van der Waals surface area (Å²) < 4.78 is 5.88. The number of hydrogen-bond acceptors (Lipinski definition) is 3. The lowest BCUT2D eigenvalue weighted by Gasteiger charge is -2.28. The molecule has 1 aliphatic carbocycles. The van der Waals surface area contributed by atoms with Crippen LogP contribution in [0, 0.1) is 0 Å². The molecule has 0 spiro atoms. The molecule has 1 saturated carbocycles. The summed E-state index contributed by atoms with van der Waals surface area (Å²) in [6.07, 6.45) is 3.89. The van der Waals surface area contributed by atoms with Crippen LogP contribution in [-0.2, 0) is 0 Å². The van der Waals surface area contributed by atoms with Crippen LogP contribution in [0.25, 0.3) is 0 Å². The van der Waals surface area contributed by atoms with Crippen LogP contribution in [0.1, 0.15) is 61.4 Å². The second-order valence-electron chi connectivity index (χ2n) is 6.44. The molecule has 1 heterocycles. The first-order chi connectivity index (χ1) is 10.1. The average Bonchev–Trinajstić information content (AvgIpc) is 3.05. The molecular formula is C17H23NO3. The minimum absolute atomic E-state index is 0.00142. The Balaban J connectivity index is 1.87. The highest BCUT2D eigenvalue weighted by Gasteiger charge is 2.37. The van der Waals surface area contributed by atoms with E-state index in [2.05, 4.69) is 12.2 Å². The molecular weight excluding hydrogens is 266 g/mol. The van der Waals surface area contributed by atoms with Crippen molar-refractivity contribution in [2.24, 2.45) is 0 Å². The highest BCUT2D eigenvalue weighted by atomic mass is 16.5. The number of aliphatic hydroxyl groups excluding tert-OH is 1. The first-order valence-electron chi connectivity index (χ1n) is 7.79. The number of carbonyl (C=O) groups excluding carboxylic acids is 1. The van der Waals surface area contributed by atoms with Gasteiger partial charge in [-0.1, -0.05) is 31.9 Å². The van der Waals surface area contributed by atoms with E-state index < -0.39 is 5.54 Å². The Hall–Kier alpha value is -1.55. The summed E-state index contributed by atoms with van der Waals surface area (Å²) >= 11 is 0. The standard InChI is InChI=1S/C17H23NO3/c1-11-12(2)21-15-13(11)6-5-7-14(15)16(20)18-17(10-19)8-3-4-9-17/h5-7,11-12,19H,3-4,8-10H2,1-2H3,(H,18,20). The van der Waals surface area contributed by atoms with Gasteiger partial charge in [0, 0.05) is 11.5 Å². The Bertz CT molecular complexity index is 549. The van der Waals surface area contributed by atoms with E-state index in [4.69, 9.17) is 4.74 Å². The van der Waals surface area contributed by atoms with E-state index >= 15 is 0 Å².